The van der Waals surface area contributed by atoms with E-state index in [1.54, 1.807) is 18.3 Å². The van der Waals surface area contributed by atoms with Crippen LogP contribution in [0.15, 0.2) is 83.8 Å². The highest BCUT2D eigenvalue weighted by Gasteiger charge is 2.28. The van der Waals surface area contributed by atoms with Gasteiger partial charge < -0.3 is 10.0 Å². The third-order valence-electron chi connectivity index (χ3n) is 6.86. The molecule has 250 valence electrons. The summed E-state index contributed by atoms with van der Waals surface area (Å²) in [5.41, 5.74) is 3.27. The van der Waals surface area contributed by atoms with Gasteiger partial charge in [0.25, 0.3) is 0 Å². The number of allylic oxidation sites excluding steroid dienone is 3. The Morgan fingerprint density at radius 1 is 1.20 bits per heavy atom. The molecule has 0 unspecified atom stereocenters. The predicted molar refractivity (Wildman–Crippen MR) is 187 cm³/mol. The summed E-state index contributed by atoms with van der Waals surface area (Å²) in [4.78, 5) is 23.0. The Hall–Kier alpha value is -3.11. The zero-order valence-electron chi connectivity index (χ0n) is 27.9. The molecule has 0 aromatic carbocycles. The Kier molecular flexibility index (Phi) is 18.5. The van der Waals surface area contributed by atoms with Gasteiger partial charge in [0, 0.05) is 49.3 Å². The van der Waals surface area contributed by atoms with Crippen molar-refractivity contribution in [2.75, 3.05) is 24.1 Å². The summed E-state index contributed by atoms with van der Waals surface area (Å²) in [6.07, 6.45) is 9.02. The Morgan fingerprint density at radius 2 is 1.91 bits per heavy atom. The molecule has 0 amide bonds. The number of nitrogens with zero attached hydrogens (tertiary/aromatic N) is 3. The number of hydrogen-bond acceptors (Lipinski definition) is 6. The molecule has 0 saturated carbocycles. The van der Waals surface area contributed by atoms with Crippen molar-refractivity contribution in [1.29, 1.82) is 0 Å². The number of aliphatic imine (C=N–C) groups is 1. The molecule has 0 radical (unpaired) electrons. The van der Waals surface area contributed by atoms with E-state index in [0.717, 1.165) is 67.8 Å². The van der Waals surface area contributed by atoms with Crippen molar-refractivity contribution in [2.45, 2.75) is 91.8 Å². The largest absolute Gasteiger partial charge is 0.393 e. The number of Topliss-reactive ketones (excluding diaryl/α,β-unsaturated/α-hetero) is 1. The molecule has 1 aromatic rings. The number of alkyl halides is 3. The number of amidine groups is 1. The number of unbranched alkanes of at least 4 members (excludes halogenated alkanes) is 1. The Morgan fingerprint density at radius 3 is 2.49 bits per heavy atom. The standard InChI is InChI=1S/C24H36F3N3.C11H16N2OS/c1-8-10-22(13-17(3)4)30-15-21(9-2)23(16-30)29-20(7)28-19(6)12-11-18(5)14-24(25,26)27;1-3-4-5-10(14)9-6-7-12-11(8-9)13-15-2/h9,11-12,17,22H,2,5-6,8,10,13-16H2,1,3-4,7H3,(H,28,29);6-8H,3-5H2,1-2H3,(H,12,13)/b12-11-;/t22-;/m1./s1. The Labute approximate surface area is 273 Å². The van der Waals surface area contributed by atoms with Gasteiger partial charge in [-0.05, 0) is 61.5 Å². The number of hydrogen-bond donors (Lipinski definition) is 2. The lowest BCUT2D eigenvalue weighted by Crippen LogP contribution is -2.35. The van der Waals surface area contributed by atoms with Gasteiger partial charge in [0.2, 0.25) is 0 Å². The summed E-state index contributed by atoms with van der Waals surface area (Å²) < 4.78 is 40.1. The number of aromatic nitrogens is 1. The van der Waals surface area contributed by atoms with Gasteiger partial charge in [-0.2, -0.15) is 13.2 Å². The smallest absolute Gasteiger partial charge is 0.344 e. The van der Waals surface area contributed by atoms with Crippen LogP contribution in [0.5, 0.6) is 0 Å². The van der Waals surface area contributed by atoms with Crippen molar-refractivity contribution in [3.8, 4) is 0 Å². The Balaban J connectivity index is 0.000000562. The molecule has 0 bridgehead atoms. The van der Waals surface area contributed by atoms with E-state index in [0.29, 0.717) is 29.9 Å². The number of pyridine rings is 1. The molecule has 6 nitrogen and oxygen atoms in total. The van der Waals surface area contributed by atoms with Gasteiger partial charge in [-0.25, -0.2) is 9.98 Å². The van der Waals surface area contributed by atoms with E-state index < -0.39 is 12.6 Å². The van der Waals surface area contributed by atoms with Gasteiger partial charge >= 0.3 is 6.18 Å². The summed E-state index contributed by atoms with van der Waals surface area (Å²) in [6, 6.07) is 4.08. The van der Waals surface area contributed by atoms with Crippen LogP contribution in [0.2, 0.25) is 0 Å². The maximum atomic E-state index is 12.4. The zero-order valence-corrected chi connectivity index (χ0v) is 28.7. The molecule has 0 spiro atoms. The summed E-state index contributed by atoms with van der Waals surface area (Å²) in [6.45, 7) is 23.4. The highest BCUT2D eigenvalue weighted by atomic mass is 32.2. The summed E-state index contributed by atoms with van der Waals surface area (Å²) in [5.74, 6) is 2.21. The first kappa shape index (κ1) is 39.9. The number of nitrogens with one attached hydrogen (secondary N) is 2. The molecule has 1 aromatic heterocycles. The number of carbonyl (C=O) groups excluding carboxylic acids is 1. The normalized spacial score (nSPS) is 14.8. The maximum Gasteiger partial charge on any atom is 0.393 e. The minimum atomic E-state index is -4.26. The fraction of sp³-hybridized carbons (Fsp3) is 0.514. The Bertz CT molecular complexity index is 1220. The van der Waals surface area contributed by atoms with Crippen LogP contribution in [0.25, 0.3) is 0 Å². The van der Waals surface area contributed by atoms with E-state index in [4.69, 9.17) is 4.99 Å². The monoisotopic (exact) mass is 647 g/mol. The van der Waals surface area contributed by atoms with Gasteiger partial charge in [-0.1, -0.05) is 84.4 Å². The molecule has 45 heavy (non-hydrogen) atoms. The van der Waals surface area contributed by atoms with Gasteiger partial charge in [-0.15, -0.1) is 0 Å². The minimum Gasteiger partial charge on any atom is -0.344 e. The summed E-state index contributed by atoms with van der Waals surface area (Å²) in [5, 5.41) is 3.03. The number of ketones is 1. The van der Waals surface area contributed by atoms with Gasteiger partial charge in [0.1, 0.15) is 11.7 Å². The first-order valence-electron chi connectivity index (χ1n) is 15.5. The molecule has 0 saturated heterocycles. The highest BCUT2D eigenvalue weighted by Crippen LogP contribution is 2.27. The van der Waals surface area contributed by atoms with Gasteiger partial charge in [0.05, 0.1) is 12.1 Å². The van der Waals surface area contributed by atoms with Gasteiger partial charge in [-0.3, -0.25) is 9.69 Å². The predicted octanol–water partition coefficient (Wildman–Crippen LogP) is 9.69. The van der Waals surface area contributed by atoms with Crippen LogP contribution in [-0.2, 0) is 0 Å². The maximum absolute atomic E-state index is 12.4. The lowest BCUT2D eigenvalue weighted by molar-refractivity contribution is -0.126. The molecule has 0 fully saturated rings. The van der Waals surface area contributed by atoms with Crippen molar-refractivity contribution in [3.05, 3.63) is 84.4 Å². The lowest BCUT2D eigenvalue weighted by Gasteiger charge is -2.29. The van der Waals surface area contributed by atoms with E-state index >= 15 is 0 Å². The van der Waals surface area contributed by atoms with E-state index in [1.165, 1.54) is 24.1 Å². The molecular weight excluding hydrogens is 595 g/mol. The van der Waals surface area contributed by atoms with E-state index in [2.05, 4.69) is 67.4 Å². The van der Waals surface area contributed by atoms with Crippen molar-refractivity contribution >= 4 is 29.4 Å². The molecular formula is C35H52F3N5OS. The molecule has 2 N–H and O–H groups in total. The number of anilines is 1. The van der Waals surface area contributed by atoms with Crippen LogP contribution in [0.4, 0.5) is 19.0 Å². The van der Waals surface area contributed by atoms with Gasteiger partial charge in [0.15, 0.2) is 5.78 Å². The average molecular weight is 648 g/mol. The molecule has 1 atom stereocenters. The third kappa shape index (κ3) is 16.7. The summed E-state index contributed by atoms with van der Waals surface area (Å²) in [7, 11) is 0. The zero-order chi connectivity index (χ0) is 34.0. The molecule has 1 aliphatic rings. The second-order valence-electron chi connectivity index (χ2n) is 11.5. The number of carbonyl (C=O) groups is 1. The third-order valence-corrected chi connectivity index (χ3v) is 7.28. The van der Waals surface area contributed by atoms with Crippen molar-refractivity contribution in [1.82, 2.24) is 15.2 Å². The molecule has 2 rings (SSSR count). The van der Waals surface area contributed by atoms with Crippen LogP contribution >= 0.6 is 11.9 Å². The minimum absolute atomic E-state index is 0.0183. The second kappa shape index (κ2) is 20.8. The van der Waals surface area contributed by atoms with Crippen LogP contribution in [0.3, 0.4) is 0 Å². The van der Waals surface area contributed by atoms with Crippen molar-refractivity contribution in [2.24, 2.45) is 10.9 Å². The second-order valence-corrected chi connectivity index (χ2v) is 12.2. The first-order chi connectivity index (χ1) is 21.2. The lowest BCUT2D eigenvalue weighted by atomic mass is 9.98. The van der Waals surface area contributed by atoms with E-state index in [1.807, 2.05) is 19.3 Å². The van der Waals surface area contributed by atoms with Crippen LogP contribution in [0, 0.1) is 5.92 Å². The van der Waals surface area contributed by atoms with E-state index in [-0.39, 0.29) is 11.4 Å². The molecule has 0 aliphatic carbocycles. The number of rotatable bonds is 17. The van der Waals surface area contributed by atoms with Crippen molar-refractivity contribution < 1.29 is 18.0 Å². The topological polar surface area (TPSA) is 69.6 Å². The fourth-order valence-corrected chi connectivity index (χ4v) is 5.14. The average Bonchev–Trinajstić information content (AvgIpc) is 3.36. The summed E-state index contributed by atoms with van der Waals surface area (Å²) >= 11 is 1.47. The van der Waals surface area contributed by atoms with Crippen LogP contribution in [-0.4, -0.2) is 53.1 Å². The molecule has 10 heteroatoms. The first-order valence-corrected chi connectivity index (χ1v) is 16.8. The number of halogens is 3. The van der Waals surface area contributed by atoms with E-state index in [9.17, 15) is 18.0 Å². The highest BCUT2D eigenvalue weighted by molar-refractivity contribution is 7.99. The molecule has 2 heterocycles. The SMILES string of the molecule is C=CC1=C(N=C(C)NC(=C)/C=C\C(=C)CC(F)(F)F)CN([C@H](CCC)CC(C)C)C1.CCCCC(=O)c1ccnc(NSC)c1. The molecule has 1 aliphatic heterocycles. The van der Waals surface area contributed by atoms with Crippen molar-refractivity contribution in [3.63, 3.8) is 0 Å². The quantitative estimate of drug-likeness (QED) is 0.0577. The van der Waals surface area contributed by atoms with Crippen LogP contribution < -0.4 is 10.0 Å². The fourth-order valence-electron chi connectivity index (χ4n) is 4.82. The van der Waals surface area contributed by atoms with Crippen LogP contribution in [0.1, 0.15) is 89.9 Å².